The maximum absolute atomic E-state index is 12.0. The van der Waals surface area contributed by atoms with E-state index in [1.165, 1.54) is 11.3 Å². The van der Waals surface area contributed by atoms with Crippen molar-refractivity contribution in [2.45, 2.75) is 0 Å². The SMILES string of the molecule is O=c1c2ccccc2nc2sc(Br)cn12. The Morgan fingerprint density at radius 2 is 2.13 bits per heavy atom. The molecule has 0 radical (unpaired) electrons. The molecule has 3 aromatic rings. The second-order valence-electron chi connectivity index (χ2n) is 3.12. The first kappa shape index (κ1) is 9.06. The lowest BCUT2D eigenvalue weighted by Crippen LogP contribution is -2.12. The van der Waals surface area contributed by atoms with Gasteiger partial charge < -0.3 is 0 Å². The zero-order valence-electron chi connectivity index (χ0n) is 7.48. The highest BCUT2D eigenvalue weighted by Gasteiger charge is 2.06. The van der Waals surface area contributed by atoms with Gasteiger partial charge >= 0.3 is 0 Å². The van der Waals surface area contributed by atoms with E-state index < -0.39 is 0 Å². The van der Waals surface area contributed by atoms with Crippen LogP contribution in [0.4, 0.5) is 0 Å². The molecule has 2 heterocycles. The summed E-state index contributed by atoms with van der Waals surface area (Å²) in [6, 6.07) is 7.38. The number of rotatable bonds is 0. The minimum Gasteiger partial charge on any atom is -0.268 e. The number of benzene rings is 1. The van der Waals surface area contributed by atoms with Crippen molar-refractivity contribution in [2.24, 2.45) is 0 Å². The average molecular weight is 281 g/mol. The molecule has 0 N–H and O–H groups in total. The van der Waals surface area contributed by atoms with Gasteiger partial charge in [-0.3, -0.25) is 9.20 Å². The Balaban J connectivity index is 2.65. The van der Waals surface area contributed by atoms with E-state index in [2.05, 4.69) is 20.9 Å². The Morgan fingerprint density at radius 1 is 1.33 bits per heavy atom. The van der Waals surface area contributed by atoms with Crippen molar-refractivity contribution in [3.63, 3.8) is 0 Å². The smallest absolute Gasteiger partial charge is 0.266 e. The van der Waals surface area contributed by atoms with Gasteiger partial charge in [0.05, 0.1) is 14.7 Å². The summed E-state index contributed by atoms with van der Waals surface area (Å²) in [4.78, 5) is 17.1. The summed E-state index contributed by atoms with van der Waals surface area (Å²) >= 11 is 4.80. The fourth-order valence-electron chi connectivity index (χ4n) is 1.53. The Morgan fingerprint density at radius 3 is 3.00 bits per heavy atom. The molecule has 0 bridgehead atoms. The van der Waals surface area contributed by atoms with Crippen molar-refractivity contribution < 1.29 is 0 Å². The summed E-state index contributed by atoms with van der Waals surface area (Å²) in [5.41, 5.74) is 0.731. The van der Waals surface area contributed by atoms with E-state index >= 15 is 0 Å². The van der Waals surface area contributed by atoms with Crippen LogP contribution in [0.25, 0.3) is 15.9 Å². The van der Waals surface area contributed by atoms with E-state index in [-0.39, 0.29) is 5.56 Å². The first-order valence-electron chi connectivity index (χ1n) is 4.32. The van der Waals surface area contributed by atoms with E-state index in [9.17, 15) is 4.79 Å². The molecule has 0 unspecified atom stereocenters. The molecule has 74 valence electrons. The van der Waals surface area contributed by atoms with E-state index in [0.29, 0.717) is 10.3 Å². The van der Waals surface area contributed by atoms with Crippen molar-refractivity contribution in [3.8, 4) is 0 Å². The molecular formula is C10H5BrN2OS. The van der Waals surface area contributed by atoms with Gasteiger partial charge in [0.15, 0.2) is 4.96 Å². The van der Waals surface area contributed by atoms with E-state index in [0.717, 1.165) is 9.30 Å². The molecule has 3 rings (SSSR count). The molecule has 3 nitrogen and oxygen atoms in total. The summed E-state index contributed by atoms with van der Waals surface area (Å²) in [6.45, 7) is 0. The van der Waals surface area contributed by atoms with E-state index in [4.69, 9.17) is 0 Å². The standard InChI is InChI=1S/C10H5BrN2OS/c11-8-5-13-9(14)6-3-1-2-4-7(6)12-10(13)15-8/h1-5H. The van der Waals surface area contributed by atoms with Crippen molar-refractivity contribution >= 4 is 43.1 Å². The predicted molar refractivity (Wildman–Crippen MR) is 64.5 cm³/mol. The molecule has 1 aromatic carbocycles. The number of para-hydroxylation sites is 1. The Labute approximate surface area is 97.1 Å². The van der Waals surface area contributed by atoms with Gasteiger partial charge in [-0.2, -0.15) is 0 Å². The highest BCUT2D eigenvalue weighted by Crippen LogP contribution is 2.21. The lowest BCUT2D eigenvalue weighted by Gasteiger charge is -1.96. The molecule has 0 fully saturated rings. The van der Waals surface area contributed by atoms with Crippen molar-refractivity contribution in [2.75, 3.05) is 0 Å². The number of thiazole rings is 1. The molecular weight excluding hydrogens is 276 g/mol. The van der Waals surface area contributed by atoms with Gasteiger partial charge in [0.25, 0.3) is 5.56 Å². The molecule has 0 aliphatic heterocycles. The van der Waals surface area contributed by atoms with Crippen LogP contribution >= 0.6 is 27.3 Å². The third-order valence-electron chi connectivity index (χ3n) is 2.19. The molecule has 0 amide bonds. The zero-order chi connectivity index (χ0) is 10.4. The maximum Gasteiger partial charge on any atom is 0.266 e. The van der Waals surface area contributed by atoms with Gasteiger partial charge in [-0.15, -0.1) is 0 Å². The van der Waals surface area contributed by atoms with Gasteiger partial charge in [-0.1, -0.05) is 23.5 Å². The summed E-state index contributed by atoms with van der Waals surface area (Å²) in [7, 11) is 0. The van der Waals surface area contributed by atoms with Gasteiger partial charge in [0.1, 0.15) is 0 Å². The van der Waals surface area contributed by atoms with Gasteiger partial charge in [0, 0.05) is 6.20 Å². The molecule has 5 heteroatoms. The third kappa shape index (κ3) is 1.31. The minimum atomic E-state index is -0.0162. The van der Waals surface area contributed by atoms with Gasteiger partial charge in [-0.05, 0) is 28.1 Å². The summed E-state index contributed by atoms with van der Waals surface area (Å²) in [5, 5.41) is 0.653. The molecule has 0 saturated heterocycles. The van der Waals surface area contributed by atoms with Crippen LogP contribution < -0.4 is 5.56 Å². The second kappa shape index (κ2) is 3.15. The number of fused-ring (bicyclic) bond motifs is 2. The van der Waals surface area contributed by atoms with Crippen molar-refractivity contribution in [1.82, 2.24) is 9.38 Å². The van der Waals surface area contributed by atoms with Crippen LogP contribution in [-0.2, 0) is 0 Å². The first-order valence-corrected chi connectivity index (χ1v) is 5.93. The Bertz CT molecular complexity index is 716. The fraction of sp³-hybridized carbons (Fsp3) is 0. The highest BCUT2D eigenvalue weighted by molar-refractivity contribution is 9.11. The van der Waals surface area contributed by atoms with Crippen LogP contribution in [0.5, 0.6) is 0 Å². The van der Waals surface area contributed by atoms with E-state index in [1.807, 2.05) is 18.2 Å². The molecule has 0 saturated carbocycles. The maximum atomic E-state index is 12.0. The largest absolute Gasteiger partial charge is 0.268 e. The average Bonchev–Trinajstić information content (AvgIpc) is 2.59. The van der Waals surface area contributed by atoms with Crippen molar-refractivity contribution in [3.05, 3.63) is 44.6 Å². The summed E-state index contributed by atoms with van der Waals surface area (Å²) < 4.78 is 2.47. The molecule has 15 heavy (non-hydrogen) atoms. The molecule has 0 aliphatic carbocycles. The van der Waals surface area contributed by atoms with Crippen LogP contribution in [-0.4, -0.2) is 9.38 Å². The summed E-state index contributed by atoms with van der Waals surface area (Å²) in [6.07, 6.45) is 1.75. The van der Waals surface area contributed by atoms with Crippen LogP contribution in [0.15, 0.2) is 39.0 Å². The van der Waals surface area contributed by atoms with Crippen molar-refractivity contribution in [1.29, 1.82) is 0 Å². The number of hydrogen-bond acceptors (Lipinski definition) is 3. The zero-order valence-corrected chi connectivity index (χ0v) is 9.88. The molecule has 0 atom stereocenters. The summed E-state index contributed by atoms with van der Waals surface area (Å²) in [5.74, 6) is 0. The molecule has 2 aromatic heterocycles. The first-order chi connectivity index (χ1) is 7.25. The fourth-order valence-corrected chi connectivity index (χ4v) is 2.88. The highest BCUT2D eigenvalue weighted by atomic mass is 79.9. The Hall–Kier alpha value is -1.20. The topological polar surface area (TPSA) is 34.4 Å². The third-order valence-corrected chi connectivity index (χ3v) is 3.66. The quantitative estimate of drug-likeness (QED) is 0.635. The minimum absolute atomic E-state index is 0.0162. The second-order valence-corrected chi connectivity index (χ2v) is 5.51. The normalized spacial score (nSPS) is 11.3. The predicted octanol–water partition coefficient (Wildman–Crippen LogP) is 2.67. The number of halogens is 1. The lowest BCUT2D eigenvalue weighted by atomic mass is 10.2. The van der Waals surface area contributed by atoms with Gasteiger partial charge in [-0.25, -0.2) is 4.98 Å². The van der Waals surface area contributed by atoms with Crippen LogP contribution in [0.1, 0.15) is 0 Å². The molecule has 0 aliphatic rings. The van der Waals surface area contributed by atoms with Crippen LogP contribution in [0.3, 0.4) is 0 Å². The monoisotopic (exact) mass is 280 g/mol. The number of aromatic nitrogens is 2. The van der Waals surface area contributed by atoms with Crippen LogP contribution in [0, 0.1) is 0 Å². The number of hydrogen-bond donors (Lipinski definition) is 0. The Kier molecular flexibility index (Phi) is 1.90. The van der Waals surface area contributed by atoms with Gasteiger partial charge in [0.2, 0.25) is 0 Å². The van der Waals surface area contributed by atoms with Crippen LogP contribution in [0.2, 0.25) is 0 Å². The van der Waals surface area contributed by atoms with E-state index in [1.54, 1.807) is 16.7 Å². The number of nitrogens with zero attached hydrogens (tertiary/aromatic N) is 2. The molecule has 0 spiro atoms. The lowest BCUT2D eigenvalue weighted by molar-refractivity contribution is 1.11.